The van der Waals surface area contributed by atoms with E-state index in [1.54, 1.807) is 0 Å². The maximum absolute atomic E-state index is 6.15. The summed E-state index contributed by atoms with van der Waals surface area (Å²) in [5, 5.41) is 0. The van der Waals surface area contributed by atoms with E-state index in [9.17, 15) is 0 Å². The molecule has 0 saturated carbocycles. The molecule has 1 heterocycles. The molecule has 0 bridgehead atoms. The Morgan fingerprint density at radius 1 is 0.833 bits per heavy atom. The zero-order valence-electron chi connectivity index (χ0n) is 20.7. The highest BCUT2D eigenvalue weighted by Gasteiger charge is 2.30. The standard InChI is InChI=1S/C27H52NO2/c1-5-6-7-8-9-10-11-12-13-14-15-16-17-18-19-20-24-29-27-22-25-30-26(27)21-23-28(2,3)4/h9-10,12-13,26-27H,5-8,11,14-25H2,1-4H3/q+1/b10-9-,13-12-. The Morgan fingerprint density at radius 2 is 1.47 bits per heavy atom. The molecule has 0 spiro atoms. The average Bonchev–Trinajstić information content (AvgIpc) is 3.15. The molecule has 1 aliphatic rings. The summed E-state index contributed by atoms with van der Waals surface area (Å²) in [5.41, 5.74) is 0. The second kappa shape index (κ2) is 18.0. The van der Waals surface area contributed by atoms with Crippen LogP contribution in [-0.2, 0) is 9.47 Å². The Morgan fingerprint density at radius 3 is 2.13 bits per heavy atom. The van der Waals surface area contributed by atoms with Gasteiger partial charge in [0, 0.05) is 19.6 Å². The molecule has 2 atom stereocenters. The molecule has 1 aliphatic heterocycles. The van der Waals surface area contributed by atoms with Gasteiger partial charge in [-0.25, -0.2) is 0 Å². The minimum absolute atomic E-state index is 0.312. The summed E-state index contributed by atoms with van der Waals surface area (Å²) >= 11 is 0. The van der Waals surface area contributed by atoms with Crippen molar-refractivity contribution in [2.24, 2.45) is 0 Å². The first-order valence-electron chi connectivity index (χ1n) is 12.9. The zero-order chi connectivity index (χ0) is 21.9. The molecule has 176 valence electrons. The molecule has 0 aromatic heterocycles. The molecule has 0 aromatic carbocycles. The van der Waals surface area contributed by atoms with Crippen LogP contribution in [0.25, 0.3) is 0 Å². The van der Waals surface area contributed by atoms with E-state index in [1.807, 2.05) is 0 Å². The molecule has 0 N–H and O–H groups in total. The lowest BCUT2D eigenvalue weighted by molar-refractivity contribution is -0.870. The first-order chi connectivity index (χ1) is 14.5. The lowest BCUT2D eigenvalue weighted by atomic mass is 10.1. The minimum atomic E-state index is 0.312. The van der Waals surface area contributed by atoms with E-state index >= 15 is 0 Å². The van der Waals surface area contributed by atoms with E-state index < -0.39 is 0 Å². The normalized spacial score (nSPS) is 20.1. The third kappa shape index (κ3) is 16.1. The molecule has 3 heteroatoms. The van der Waals surface area contributed by atoms with Gasteiger partial charge in [-0.05, 0) is 44.9 Å². The second-order valence-corrected chi connectivity index (χ2v) is 9.99. The van der Waals surface area contributed by atoms with Crippen molar-refractivity contribution in [3.63, 3.8) is 0 Å². The number of rotatable bonds is 19. The van der Waals surface area contributed by atoms with Crippen LogP contribution >= 0.6 is 0 Å². The van der Waals surface area contributed by atoms with Gasteiger partial charge in [-0.3, -0.25) is 0 Å². The number of quaternary nitrogens is 1. The van der Waals surface area contributed by atoms with E-state index in [1.165, 1.54) is 70.6 Å². The highest BCUT2D eigenvalue weighted by atomic mass is 16.6. The molecule has 1 rings (SSSR count). The van der Waals surface area contributed by atoms with Crippen LogP contribution in [0.3, 0.4) is 0 Å². The van der Waals surface area contributed by atoms with E-state index in [0.29, 0.717) is 12.2 Å². The Bertz CT molecular complexity index is 439. The molecule has 0 amide bonds. The molecule has 3 nitrogen and oxygen atoms in total. The third-order valence-corrected chi connectivity index (χ3v) is 5.91. The maximum atomic E-state index is 6.15. The highest BCUT2D eigenvalue weighted by molar-refractivity contribution is 4.92. The average molecular weight is 423 g/mol. The summed E-state index contributed by atoms with van der Waals surface area (Å²) in [4.78, 5) is 0. The fourth-order valence-electron chi connectivity index (χ4n) is 3.93. The summed E-state index contributed by atoms with van der Waals surface area (Å²) in [5.74, 6) is 0. The van der Waals surface area contributed by atoms with E-state index in [4.69, 9.17) is 9.47 Å². The summed E-state index contributed by atoms with van der Waals surface area (Å²) in [6, 6.07) is 0. The molecule has 30 heavy (non-hydrogen) atoms. The van der Waals surface area contributed by atoms with Gasteiger partial charge in [-0.15, -0.1) is 0 Å². The topological polar surface area (TPSA) is 18.5 Å². The van der Waals surface area contributed by atoms with Crippen LogP contribution in [0.5, 0.6) is 0 Å². The number of hydrogen-bond donors (Lipinski definition) is 0. The molecule has 1 fully saturated rings. The Hall–Kier alpha value is -0.640. The SMILES string of the molecule is CCCCC/C=C\C/C=C\CCCCCCCCOC1CCOC1CC[N+](C)(C)C. The van der Waals surface area contributed by atoms with Crippen molar-refractivity contribution < 1.29 is 14.0 Å². The van der Waals surface area contributed by atoms with Crippen molar-refractivity contribution in [1.29, 1.82) is 0 Å². The van der Waals surface area contributed by atoms with Crippen molar-refractivity contribution in [3.8, 4) is 0 Å². The highest BCUT2D eigenvalue weighted by Crippen LogP contribution is 2.21. The summed E-state index contributed by atoms with van der Waals surface area (Å²) in [7, 11) is 6.73. The Labute approximate surface area is 188 Å². The van der Waals surface area contributed by atoms with Gasteiger partial charge in [-0.1, -0.05) is 69.8 Å². The summed E-state index contributed by atoms with van der Waals surface area (Å²) in [6.07, 6.45) is 27.7. The second-order valence-electron chi connectivity index (χ2n) is 9.99. The molecule has 0 radical (unpaired) electrons. The van der Waals surface area contributed by atoms with Crippen LogP contribution in [0.2, 0.25) is 0 Å². The molecule has 0 aliphatic carbocycles. The maximum Gasteiger partial charge on any atom is 0.0891 e. The Balaban J connectivity index is 1.88. The minimum Gasteiger partial charge on any atom is -0.375 e. The molecular weight excluding hydrogens is 370 g/mol. The fourth-order valence-corrected chi connectivity index (χ4v) is 3.93. The summed E-state index contributed by atoms with van der Waals surface area (Å²) in [6.45, 7) is 5.19. The van der Waals surface area contributed by atoms with Gasteiger partial charge in [0.1, 0.15) is 0 Å². The molecule has 1 saturated heterocycles. The van der Waals surface area contributed by atoms with Crippen LogP contribution in [0.15, 0.2) is 24.3 Å². The summed E-state index contributed by atoms with van der Waals surface area (Å²) < 4.78 is 13.1. The van der Waals surface area contributed by atoms with Crippen LogP contribution in [0.4, 0.5) is 0 Å². The van der Waals surface area contributed by atoms with Gasteiger partial charge in [-0.2, -0.15) is 0 Å². The first-order valence-corrected chi connectivity index (χ1v) is 12.9. The van der Waals surface area contributed by atoms with Crippen LogP contribution in [0.1, 0.15) is 96.8 Å². The van der Waals surface area contributed by atoms with Crippen LogP contribution in [0, 0.1) is 0 Å². The lowest BCUT2D eigenvalue weighted by Crippen LogP contribution is -2.39. The Kier molecular flexibility index (Phi) is 16.4. The quantitative estimate of drug-likeness (QED) is 0.126. The third-order valence-electron chi connectivity index (χ3n) is 5.91. The van der Waals surface area contributed by atoms with Crippen molar-refractivity contribution >= 4 is 0 Å². The van der Waals surface area contributed by atoms with Gasteiger partial charge in [0.05, 0.1) is 39.9 Å². The van der Waals surface area contributed by atoms with Crippen molar-refractivity contribution in [1.82, 2.24) is 0 Å². The van der Waals surface area contributed by atoms with Crippen LogP contribution in [-0.4, -0.2) is 57.6 Å². The largest absolute Gasteiger partial charge is 0.375 e. The van der Waals surface area contributed by atoms with Gasteiger partial charge in [0.2, 0.25) is 0 Å². The predicted molar refractivity (Wildman–Crippen MR) is 131 cm³/mol. The number of nitrogens with zero attached hydrogens (tertiary/aromatic N) is 1. The van der Waals surface area contributed by atoms with E-state index in [0.717, 1.165) is 43.5 Å². The lowest BCUT2D eigenvalue weighted by Gasteiger charge is -2.27. The molecule has 2 unspecified atom stereocenters. The van der Waals surface area contributed by atoms with E-state index in [-0.39, 0.29) is 0 Å². The number of allylic oxidation sites excluding steroid dienone is 4. The van der Waals surface area contributed by atoms with E-state index in [2.05, 4.69) is 52.4 Å². The first kappa shape index (κ1) is 27.4. The number of unbranched alkanes of at least 4 members (excludes halogenated alkanes) is 9. The smallest absolute Gasteiger partial charge is 0.0891 e. The predicted octanol–water partition coefficient (Wildman–Crippen LogP) is 7.07. The van der Waals surface area contributed by atoms with Crippen molar-refractivity contribution in [2.45, 2.75) is 109 Å². The fraction of sp³-hybridized carbons (Fsp3) is 0.852. The van der Waals surface area contributed by atoms with Gasteiger partial charge < -0.3 is 14.0 Å². The van der Waals surface area contributed by atoms with Gasteiger partial charge in [0.25, 0.3) is 0 Å². The number of ether oxygens (including phenoxy) is 2. The van der Waals surface area contributed by atoms with Gasteiger partial charge >= 0.3 is 0 Å². The van der Waals surface area contributed by atoms with Crippen molar-refractivity contribution in [3.05, 3.63) is 24.3 Å². The number of hydrogen-bond acceptors (Lipinski definition) is 2. The molecular formula is C27H52NO2+. The monoisotopic (exact) mass is 422 g/mol. The van der Waals surface area contributed by atoms with Gasteiger partial charge in [0.15, 0.2) is 0 Å². The zero-order valence-corrected chi connectivity index (χ0v) is 20.7. The van der Waals surface area contributed by atoms with Crippen LogP contribution < -0.4 is 0 Å². The van der Waals surface area contributed by atoms with Crippen molar-refractivity contribution in [2.75, 3.05) is 40.9 Å². The molecule has 0 aromatic rings.